The molecule has 0 aromatic heterocycles. The summed E-state index contributed by atoms with van der Waals surface area (Å²) in [6, 6.07) is 7.19. The lowest BCUT2D eigenvalue weighted by molar-refractivity contribution is -0.122. The van der Waals surface area contributed by atoms with Crippen LogP contribution in [-0.4, -0.2) is 63.3 Å². The summed E-state index contributed by atoms with van der Waals surface area (Å²) in [5.41, 5.74) is 0.953. The summed E-state index contributed by atoms with van der Waals surface area (Å²) in [4.78, 5) is 24.1. The Morgan fingerprint density at radius 2 is 2.07 bits per heavy atom. The number of ether oxygens (including phenoxy) is 2. The van der Waals surface area contributed by atoms with E-state index < -0.39 is 15.9 Å². The number of nitrogens with zero attached hydrogens (tertiary/aromatic N) is 1. The number of nitrogens with one attached hydrogen (secondary N) is 1. The molecule has 1 aliphatic carbocycles. The van der Waals surface area contributed by atoms with E-state index in [2.05, 4.69) is 5.32 Å². The molecule has 1 atom stereocenters. The van der Waals surface area contributed by atoms with Crippen LogP contribution < -0.4 is 10.1 Å². The maximum absolute atomic E-state index is 12.5. The van der Waals surface area contributed by atoms with E-state index in [0.717, 1.165) is 17.9 Å². The van der Waals surface area contributed by atoms with Gasteiger partial charge in [-0.25, -0.2) is 13.2 Å². The molecule has 0 bridgehead atoms. The Morgan fingerprint density at radius 3 is 2.80 bits per heavy atom. The number of hydrogen-bond donors (Lipinski definition) is 1. The summed E-state index contributed by atoms with van der Waals surface area (Å²) in [7, 11) is -3.24. The molecule has 2 fully saturated rings. The second-order valence-electron chi connectivity index (χ2n) is 8.10. The van der Waals surface area contributed by atoms with Crippen LogP contribution in [0.4, 0.5) is 4.79 Å². The van der Waals surface area contributed by atoms with Crippen molar-refractivity contribution in [2.45, 2.75) is 38.5 Å². The number of hydrogen-bond acceptors (Lipinski definition) is 6. The van der Waals surface area contributed by atoms with Gasteiger partial charge >= 0.3 is 6.03 Å². The van der Waals surface area contributed by atoms with Crippen LogP contribution in [0.1, 0.15) is 44.1 Å². The normalized spacial score (nSPS) is 18.2. The van der Waals surface area contributed by atoms with Crippen LogP contribution in [0.3, 0.4) is 0 Å². The van der Waals surface area contributed by atoms with Gasteiger partial charge in [-0.15, -0.1) is 0 Å². The number of imide groups is 1. The largest absolute Gasteiger partial charge is 0.493 e. The first-order valence-electron chi connectivity index (χ1n) is 10.4. The molecule has 9 heteroatoms. The van der Waals surface area contributed by atoms with Gasteiger partial charge in [-0.3, -0.25) is 10.1 Å². The second kappa shape index (κ2) is 10.3. The molecule has 1 aromatic rings. The minimum atomic E-state index is -3.24. The molecule has 3 amide bonds. The Bertz CT molecular complexity index is 853. The minimum absolute atomic E-state index is 0.0277. The maximum Gasteiger partial charge on any atom is 0.325 e. The average molecular weight is 439 g/mol. The molecule has 1 saturated heterocycles. The molecule has 1 aromatic carbocycles. The molecule has 166 valence electrons. The number of carbonyl (C=O) groups excluding carboxylic acids is 2. The first-order chi connectivity index (χ1) is 14.3. The quantitative estimate of drug-likeness (QED) is 0.503. The fraction of sp³-hybridized carbons (Fsp3) is 0.619. The van der Waals surface area contributed by atoms with E-state index in [1.807, 2.05) is 31.2 Å². The van der Waals surface area contributed by atoms with E-state index in [1.54, 1.807) is 0 Å². The number of carbonyl (C=O) groups is 2. The van der Waals surface area contributed by atoms with Crippen LogP contribution >= 0.6 is 0 Å². The summed E-state index contributed by atoms with van der Waals surface area (Å²) in [6.45, 7) is 3.22. The van der Waals surface area contributed by atoms with Gasteiger partial charge in [0.05, 0.1) is 18.1 Å². The maximum atomic E-state index is 12.5. The number of benzene rings is 1. The van der Waals surface area contributed by atoms with Crippen molar-refractivity contribution in [1.29, 1.82) is 0 Å². The molecule has 0 unspecified atom stereocenters. The fourth-order valence-electron chi connectivity index (χ4n) is 3.25. The van der Waals surface area contributed by atoms with Gasteiger partial charge in [0.15, 0.2) is 9.84 Å². The molecule has 3 rings (SSSR count). The SMILES string of the molecule is C[C@@H](CS(=O)(=O)CCCOCN1CCC(=O)NC1=O)c1cccc(OCC2CC2)c1. The van der Waals surface area contributed by atoms with Crippen LogP contribution in [0.25, 0.3) is 0 Å². The summed E-state index contributed by atoms with van der Waals surface area (Å²) >= 11 is 0. The van der Waals surface area contributed by atoms with Crippen molar-refractivity contribution in [2.24, 2.45) is 5.92 Å². The average Bonchev–Trinajstić information content (AvgIpc) is 3.52. The zero-order valence-electron chi connectivity index (χ0n) is 17.3. The zero-order chi connectivity index (χ0) is 21.6. The second-order valence-corrected chi connectivity index (χ2v) is 10.3. The van der Waals surface area contributed by atoms with Crippen LogP contribution in [0.5, 0.6) is 5.75 Å². The van der Waals surface area contributed by atoms with Crippen molar-refractivity contribution in [3.8, 4) is 5.75 Å². The lowest BCUT2D eigenvalue weighted by Crippen LogP contribution is -2.50. The summed E-state index contributed by atoms with van der Waals surface area (Å²) < 4.78 is 36.1. The molecule has 1 N–H and O–H groups in total. The van der Waals surface area contributed by atoms with Gasteiger partial charge in [-0.2, -0.15) is 0 Å². The fourth-order valence-corrected chi connectivity index (χ4v) is 4.93. The van der Waals surface area contributed by atoms with Crippen molar-refractivity contribution in [3.05, 3.63) is 29.8 Å². The number of sulfone groups is 1. The van der Waals surface area contributed by atoms with Crippen molar-refractivity contribution >= 4 is 21.8 Å². The van der Waals surface area contributed by atoms with E-state index in [1.165, 1.54) is 17.7 Å². The molecular formula is C21H30N2O6S. The lowest BCUT2D eigenvalue weighted by atomic mass is 10.0. The lowest BCUT2D eigenvalue weighted by Gasteiger charge is -2.26. The molecule has 30 heavy (non-hydrogen) atoms. The Balaban J connectivity index is 1.37. The van der Waals surface area contributed by atoms with E-state index in [4.69, 9.17) is 9.47 Å². The molecule has 0 radical (unpaired) electrons. The molecule has 2 aliphatic rings. The van der Waals surface area contributed by atoms with Crippen molar-refractivity contribution in [1.82, 2.24) is 10.2 Å². The Labute approximate surface area is 177 Å². The summed E-state index contributed by atoms with van der Waals surface area (Å²) in [5, 5.41) is 2.22. The summed E-state index contributed by atoms with van der Waals surface area (Å²) in [6.07, 6.45) is 3.05. The van der Waals surface area contributed by atoms with Gasteiger partial charge in [0.1, 0.15) is 12.5 Å². The monoisotopic (exact) mass is 438 g/mol. The highest BCUT2D eigenvalue weighted by atomic mass is 32.2. The summed E-state index contributed by atoms with van der Waals surface area (Å²) in [5.74, 6) is 1.13. The van der Waals surface area contributed by atoms with E-state index >= 15 is 0 Å². The highest BCUT2D eigenvalue weighted by Crippen LogP contribution is 2.30. The highest BCUT2D eigenvalue weighted by Gasteiger charge is 2.23. The van der Waals surface area contributed by atoms with E-state index in [0.29, 0.717) is 18.9 Å². The van der Waals surface area contributed by atoms with Crippen LogP contribution in [0, 0.1) is 5.92 Å². The molecular weight excluding hydrogens is 408 g/mol. The van der Waals surface area contributed by atoms with Crippen molar-refractivity contribution < 1.29 is 27.5 Å². The van der Waals surface area contributed by atoms with Crippen molar-refractivity contribution in [2.75, 3.05) is 38.0 Å². The number of amides is 3. The highest BCUT2D eigenvalue weighted by molar-refractivity contribution is 7.91. The van der Waals surface area contributed by atoms with Crippen LogP contribution in [-0.2, 0) is 19.4 Å². The van der Waals surface area contributed by atoms with Gasteiger partial charge in [0.25, 0.3) is 0 Å². The first kappa shape index (κ1) is 22.6. The number of rotatable bonds is 12. The molecule has 1 aliphatic heterocycles. The topological polar surface area (TPSA) is 102 Å². The molecule has 8 nitrogen and oxygen atoms in total. The molecule has 1 heterocycles. The predicted octanol–water partition coefficient (Wildman–Crippen LogP) is 2.30. The van der Waals surface area contributed by atoms with Crippen LogP contribution in [0.15, 0.2) is 24.3 Å². The third-order valence-electron chi connectivity index (χ3n) is 5.25. The minimum Gasteiger partial charge on any atom is -0.493 e. The predicted molar refractivity (Wildman–Crippen MR) is 112 cm³/mol. The third kappa shape index (κ3) is 7.28. The molecule has 1 saturated carbocycles. The zero-order valence-corrected chi connectivity index (χ0v) is 18.2. The van der Waals surface area contributed by atoms with Crippen LogP contribution in [0.2, 0.25) is 0 Å². The number of urea groups is 1. The van der Waals surface area contributed by atoms with Gasteiger partial charge in [0, 0.05) is 19.6 Å². The van der Waals surface area contributed by atoms with Gasteiger partial charge < -0.3 is 14.4 Å². The Morgan fingerprint density at radius 1 is 1.27 bits per heavy atom. The smallest absolute Gasteiger partial charge is 0.325 e. The van der Waals surface area contributed by atoms with Crippen molar-refractivity contribution in [3.63, 3.8) is 0 Å². The Kier molecular flexibility index (Phi) is 7.71. The van der Waals surface area contributed by atoms with E-state index in [-0.39, 0.29) is 43.1 Å². The first-order valence-corrected chi connectivity index (χ1v) is 12.2. The van der Waals surface area contributed by atoms with Gasteiger partial charge in [-0.05, 0) is 48.8 Å². The van der Waals surface area contributed by atoms with Gasteiger partial charge in [0.2, 0.25) is 5.91 Å². The third-order valence-corrected chi connectivity index (χ3v) is 7.17. The molecule has 0 spiro atoms. The van der Waals surface area contributed by atoms with E-state index in [9.17, 15) is 18.0 Å². The van der Waals surface area contributed by atoms with Gasteiger partial charge in [-0.1, -0.05) is 19.1 Å². The Hall–Kier alpha value is -2.13. The standard InChI is InChI=1S/C21H30N2O6S/c1-16(18-4-2-5-19(12-18)29-13-17-6-7-17)14-30(26,27)11-3-10-28-15-23-9-8-20(24)22-21(23)25/h2,4-5,12,16-17H,3,6-11,13-15H2,1H3,(H,22,24,25)/t16-/m0/s1.